The molecular weight excluding hydrogens is 320 g/mol. The summed E-state index contributed by atoms with van der Waals surface area (Å²) < 4.78 is 27.2. The van der Waals surface area contributed by atoms with Gasteiger partial charge < -0.3 is 16.0 Å². The van der Waals surface area contributed by atoms with E-state index < -0.39 is 12.3 Å². The lowest BCUT2D eigenvalue weighted by atomic mass is 9.87. The van der Waals surface area contributed by atoms with E-state index in [4.69, 9.17) is 0 Å². The highest BCUT2D eigenvalue weighted by atomic mass is 19.2. The van der Waals surface area contributed by atoms with E-state index in [-0.39, 0.29) is 6.04 Å². The number of nitrogens with one attached hydrogen (secondary N) is 3. The first kappa shape index (κ1) is 17.4. The Bertz CT molecular complexity index is 749. The molecule has 2 aliphatic rings. The molecule has 1 aliphatic heterocycles. The molecule has 132 valence electrons. The van der Waals surface area contributed by atoms with Gasteiger partial charge in [-0.2, -0.15) is 0 Å². The van der Waals surface area contributed by atoms with Crippen LogP contribution in [0.15, 0.2) is 60.4 Å². The van der Waals surface area contributed by atoms with Crippen molar-refractivity contribution in [3.8, 4) is 0 Å². The molecule has 0 saturated heterocycles. The minimum absolute atomic E-state index is 0.202. The van der Waals surface area contributed by atoms with Crippen molar-refractivity contribution in [1.82, 2.24) is 10.6 Å². The van der Waals surface area contributed by atoms with Crippen molar-refractivity contribution in [1.29, 1.82) is 0 Å². The third kappa shape index (κ3) is 3.66. The van der Waals surface area contributed by atoms with E-state index in [9.17, 15) is 8.78 Å². The Balaban J connectivity index is 1.94. The fourth-order valence-corrected chi connectivity index (χ4v) is 3.19. The number of dihydropyridines is 1. The molecule has 0 saturated carbocycles. The maximum atomic E-state index is 13.8. The van der Waals surface area contributed by atoms with Crippen LogP contribution in [0.2, 0.25) is 0 Å². The largest absolute Gasteiger partial charge is 0.388 e. The number of hydrogen-bond donors (Lipinski definition) is 3. The van der Waals surface area contributed by atoms with Crippen LogP contribution in [0.25, 0.3) is 5.57 Å². The van der Waals surface area contributed by atoms with Gasteiger partial charge >= 0.3 is 0 Å². The Kier molecular flexibility index (Phi) is 5.34. The van der Waals surface area contributed by atoms with E-state index in [0.717, 1.165) is 28.9 Å². The average molecular weight is 343 g/mol. The second-order valence-electron chi connectivity index (χ2n) is 6.15. The van der Waals surface area contributed by atoms with Gasteiger partial charge in [0.1, 0.15) is 0 Å². The van der Waals surface area contributed by atoms with E-state index in [0.29, 0.717) is 0 Å². The first-order valence-electron chi connectivity index (χ1n) is 8.40. The number of hydrogen-bond acceptors (Lipinski definition) is 3. The SMILES string of the molecule is CNCc1ccc(C2=CC=CNC2C2=CC(F)C(F)C=C2)cc1NC. The van der Waals surface area contributed by atoms with Crippen molar-refractivity contribution in [2.45, 2.75) is 24.9 Å². The molecule has 0 radical (unpaired) electrons. The highest BCUT2D eigenvalue weighted by Crippen LogP contribution is 2.31. The lowest BCUT2D eigenvalue weighted by Crippen LogP contribution is -2.32. The zero-order chi connectivity index (χ0) is 17.8. The summed E-state index contributed by atoms with van der Waals surface area (Å²) in [5.41, 5.74) is 5.02. The van der Waals surface area contributed by atoms with Crippen molar-refractivity contribution in [3.05, 3.63) is 71.5 Å². The average Bonchev–Trinajstić information content (AvgIpc) is 2.64. The number of allylic oxidation sites excluding steroid dienone is 4. The molecule has 0 amide bonds. The van der Waals surface area contributed by atoms with E-state index in [1.54, 1.807) is 6.08 Å². The van der Waals surface area contributed by atoms with E-state index >= 15 is 0 Å². The molecule has 3 unspecified atom stereocenters. The molecule has 0 spiro atoms. The molecule has 3 atom stereocenters. The molecule has 1 heterocycles. The summed E-state index contributed by atoms with van der Waals surface area (Å²) in [5.74, 6) is 0. The Hall–Kier alpha value is -2.40. The lowest BCUT2D eigenvalue weighted by Gasteiger charge is -2.28. The number of halogens is 2. The van der Waals surface area contributed by atoms with Crippen LogP contribution in [-0.4, -0.2) is 32.5 Å². The molecule has 3 N–H and O–H groups in total. The molecule has 0 aromatic heterocycles. The normalized spacial score (nSPS) is 25.2. The topological polar surface area (TPSA) is 36.1 Å². The molecule has 1 aromatic rings. The van der Waals surface area contributed by atoms with Gasteiger partial charge in [0.25, 0.3) is 0 Å². The quantitative estimate of drug-likeness (QED) is 0.766. The lowest BCUT2D eigenvalue weighted by molar-refractivity contribution is 0.244. The summed E-state index contributed by atoms with van der Waals surface area (Å²) in [5, 5.41) is 9.64. The van der Waals surface area contributed by atoms with Crippen molar-refractivity contribution < 1.29 is 8.78 Å². The van der Waals surface area contributed by atoms with Crippen LogP contribution >= 0.6 is 0 Å². The third-order valence-corrected chi connectivity index (χ3v) is 4.49. The van der Waals surface area contributed by atoms with Crippen molar-refractivity contribution in [2.24, 2.45) is 0 Å². The van der Waals surface area contributed by atoms with Crippen LogP contribution in [0.3, 0.4) is 0 Å². The van der Waals surface area contributed by atoms with Crippen LogP contribution in [-0.2, 0) is 6.54 Å². The first-order valence-corrected chi connectivity index (χ1v) is 8.40. The van der Waals surface area contributed by atoms with Crippen LogP contribution in [0.1, 0.15) is 11.1 Å². The molecule has 1 aliphatic carbocycles. The minimum atomic E-state index is -1.60. The van der Waals surface area contributed by atoms with Crippen LogP contribution in [0.4, 0.5) is 14.5 Å². The predicted octanol–water partition coefficient (Wildman–Crippen LogP) is 3.49. The summed E-state index contributed by atoms with van der Waals surface area (Å²) in [4.78, 5) is 0. The van der Waals surface area contributed by atoms with Gasteiger partial charge in [-0.3, -0.25) is 0 Å². The van der Waals surface area contributed by atoms with Gasteiger partial charge in [-0.1, -0.05) is 24.3 Å². The first-order chi connectivity index (χ1) is 12.1. The number of benzene rings is 1. The highest BCUT2D eigenvalue weighted by molar-refractivity contribution is 5.78. The second kappa shape index (κ2) is 7.66. The number of alkyl halides is 2. The number of anilines is 1. The molecule has 0 fully saturated rings. The summed E-state index contributed by atoms with van der Waals surface area (Å²) in [7, 11) is 3.81. The van der Waals surface area contributed by atoms with Gasteiger partial charge in [-0.25, -0.2) is 8.78 Å². The Morgan fingerprint density at radius 2 is 2.00 bits per heavy atom. The van der Waals surface area contributed by atoms with Gasteiger partial charge in [-0.05, 0) is 59.8 Å². The fraction of sp³-hybridized carbons (Fsp3) is 0.300. The van der Waals surface area contributed by atoms with E-state index in [2.05, 4.69) is 34.1 Å². The van der Waals surface area contributed by atoms with Crippen molar-refractivity contribution in [3.63, 3.8) is 0 Å². The Morgan fingerprint density at radius 1 is 1.16 bits per heavy atom. The van der Waals surface area contributed by atoms with Crippen LogP contribution in [0.5, 0.6) is 0 Å². The van der Waals surface area contributed by atoms with Crippen molar-refractivity contribution in [2.75, 3.05) is 19.4 Å². The van der Waals surface area contributed by atoms with Gasteiger partial charge in [0, 0.05) is 19.3 Å². The van der Waals surface area contributed by atoms with Crippen molar-refractivity contribution >= 4 is 11.3 Å². The minimum Gasteiger partial charge on any atom is -0.388 e. The highest BCUT2D eigenvalue weighted by Gasteiger charge is 2.26. The summed E-state index contributed by atoms with van der Waals surface area (Å²) in [6.45, 7) is 0.770. The Labute approximate surface area is 147 Å². The molecule has 0 bridgehead atoms. The van der Waals surface area contributed by atoms with Crippen LogP contribution in [0, 0.1) is 0 Å². The van der Waals surface area contributed by atoms with Gasteiger partial charge in [-0.15, -0.1) is 0 Å². The zero-order valence-corrected chi connectivity index (χ0v) is 14.4. The van der Waals surface area contributed by atoms with Crippen LogP contribution < -0.4 is 16.0 Å². The predicted molar refractivity (Wildman–Crippen MR) is 99.8 cm³/mol. The van der Waals surface area contributed by atoms with E-state index in [1.807, 2.05) is 32.4 Å². The molecule has 25 heavy (non-hydrogen) atoms. The molecule has 3 rings (SSSR count). The molecule has 3 nitrogen and oxygen atoms in total. The van der Waals surface area contributed by atoms with Gasteiger partial charge in [0.15, 0.2) is 12.3 Å². The fourth-order valence-electron chi connectivity index (χ4n) is 3.19. The summed E-state index contributed by atoms with van der Waals surface area (Å²) >= 11 is 0. The zero-order valence-electron chi connectivity index (χ0n) is 14.4. The summed E-state index contributed by atoms with van der Waals surface area (Å²) in [6.07, 6.45) is 6.91. The monoisotopic (exact) mass is 343 g/mol. The summed E-state index contributed by atoms with van der Waals surface area (Å²) in [6, 6.07) is 6.02. The number of rotatable bonds is 5. The Morgan fingerprint density at radius 3 is 2.72 bits per heavy atom. The second-order valence-corrected chi connectivity index (χ2v) is 6.15. The maximum Gasteiger partial charge on any atom is 0.154 e. The molecule has 1 aromatic carbocycles. The maximum absolute atomic E-state index is 13.8. The molecular formula is C20H23F2N3. The van der Waals surface area contributed by atoms with Gasteiger partial charge in [0.05, 0.1) is 6.04 Å². The molecule has 5 heteroatoms. The van der Waals surface area contributed by atoms with E-state index in [1.165, 1.54) is 17.7 Å². The van der Waals surface area contributed by atoms with Gasteiger partial charge in [0.2, 0.25) is 0 Å². The third-order valence-electron chi connectivity index (χ3n) is 4.49. The smallest absolute Gasteiger partial charge is 0.154 e. The standard InChI is InChI=1S/C20H23F2N3/c1-23-12-15-6-5-13(11-19(15)24-2)16-4-3-9-25-20(16)14-7-8-17(21)18(22)10-14/h3-11,17-18,20,23-25H,12H2,1-2H3.